The number of carbonyl (C=O) groups excluding carboxylic acids is 1. The first-order chi connectivity index (χ1) is 9.93. The van der Waals surface area contributed by atoms with Crippen molar-refractivity contribution in [3.05, 3.63) is 29.3 Å². The molecule has 0 bridgehead atoms. The van der Waals surface area contributed by atoms with Gasteiger partial charge in [-0.2, -0.15) is 0 Å². The Morgan fingerprint density at radius 3 is 2.57 bits per heavy atom. The van der Waals surface area contributed by atoms with Crippen LogP contribution < -0.4 is 10.6 Å². The molecule has 1 aliphatic rings. The topological polar surface area (TPSA) is 44.4 Å². The molecule has 0 aromatic heterocycles. The summed E-state index contributed by atoms with van der Waals surface area (Å²) in [4.78, 5) is 14.7. The lowest BCUT2D eigenvalue weighted by Gasteiger charge is -2.37. The highest BCUT2D eigenvalue weighted by Crippen LogP contribution is 2.29. The van der Waals surface area contributed by atoms with Crippen molar-refractivity contribution >= 4 is 11.6 Å². The van der Waals surface area contributed by atoms with E-state index in [1.54, 1.807) is 0 Å². The van der Waals surface area contributed by atoms with Crippen LogP contribution in [-0.4, -0.2) is 44.5 Å². The Balaban J connectivity index is 1.94. The number of piperidine rings is 1. The fraction of sp³-hybridized carbons (Fsp3) is 0.588. The molecule has 4 heteroatoms. The van der Waals surface area contributed by atoms with E-state index in [1.807, 2.05) is 32.2 Å². The van der Waals surface area contributed by atoms with Crippen LogP contribution in [0.3, 0.4) is 0 Å². The summed E-state index contributed by atoms with van der Waals surface area (Å²) < 4.78 is 0. The highest BCUT2D eigenvalue weighted by atomic mass is 16.1. The quantitative estimate of drug-likeness (QED) is 0.895. The van der Waals surface area contributed by atoms with Crippen molar-refractivity contribution in [1.82, 2.24) is 10.2 Å². The number of aryl methyl sites for hydroxylation is 1. The molecule has 1 fully saturated rings. The molecule has 1 aliphatic heterocycles. The lowest BCUT2D eigenvalue weighted by atomic mass is 9.80. The van der Waals surface area contributed by atoms with Gasteiger partial charge < -0.3 is 15.5 Å². The normalized spacial score (nSPS) is 18.3. The predicted molar refractivity (Wildman–Crippen MR) is 87.9 cm³/mol. The highest BCUT2D eigenvalue weighted by Gasteiger charge is 2.29. The maximum absolute atomic E-state index is 12.3. The summed E-state index contributed by atoms with van der Waals surface area (Å²) in [6.07, 6.45) is 2.28. The van der Waals surface area contributed by atoms with E-state index in [9.17, 15) is 4.79 Å². The molecule has 21 heavy (non-hydrogen) atoms. The summed E-state index contributed by atoms with van der Waals surface area (Å²) in [6, 6.07) is 5.78. The first-order valence-electron chi connectivity index (χ1n) is 7.69. The Kier molecular flexibility index (Phi) is 4.88. The van der Waals surface area contributed by atoms with Gasteiger partial charge >= 0.3 is 0 Å². The van der Waals surface area contributed by atoms with E-state index in [-0.39, 0.29) is 11.3 Å². The van der Waals surface area contributed by atoms with Gasteiger partial charge in [0.15, 0.2) is 0 Å². The minimum absolute atomic E-state index is 0.0286. The number of amides is 1. The van der Waals surface area contributed by atoms with Crippen LogP contribution in [0.15, 0.2) is 18.2 Å². The van der Waals surface area contributed by atoms with Crippen LogP contribution in [0.5, 0.6) is 0 Å². The zero-order chi connectivity index (χ0) is 15.5. The monoisotopic (exact) mass is 289 g/mol. The van der Waals surface area contributed by atoms with E-state index in [4.69, 9.17) is 0 Å². The molecule has 0 aliphatic carbocycles. The first-order valence-corrected chi connectivity index (χ1v) is 7.69. The summed E-state index contributed by atoms with van der Waals surface area (Å²) in [5.41, 5.74) is 3.12. The van der Waals surface area contributed by atoms with Crippen molar-refractivity contribution in [2.75, 3.05) is 39.0 Å². The van der Waals surface area contributed by atoms with Gasteiger partial charge in [-0.15, -0.1) is 0 Å². The SMILES string of the molecule is CNc1ccc(C(=O)NCC2(C)CCN(C)CC2)cc1C. The number of nitrogens with zero attached hydrogens (tertiary/aromatic N) is 1. The third-order valence-electron chi connectivity index (χ3n) is 4.63. The number of carbonyl (C=O) groups is 1. The summed E-state index contributed by atoms with van der Waals surface area (Å²) >= 11 is 0. The molecular formula is C17H27N3O. The smallest absolute Gasteiger partial charge is 0.251 e. The minimum Gasteiger partial charge on any atom is -0.388 e. The van der Waals surface area contributed by atoms with Gasteiger partial charge in [-0.1, -0.05) is 6.92 Å². The molecule has 0 atom stereocenters. The van der Waals surface area contributed by atoms with Crippen LogP contribution >= 0.6 is 0 Å². The van der Waals surface area contributed by atoms with Crippen molar-refractivity contribution in [1.29, 1.82) is 0 Å². The fourth-order valence-electron chi connectivity index (χ4n) is 2.82. The van der Waals surface area contributed by atoms with Crippen molar-refractivity contribution in [3.8, 4) is 0 Å². The van der Waals surface area contributed by atoms with E-state index in [0.29, 0.717) is 0 Å². The second kappa shape index (κ2) is 6.48. The summed E-state index contributed by atoms with van der Waals surface area (Å²) in [7, 11) is 4.05. The molecule has 0 saturated carbocycles. The fourth-order valence-corrected chi connectivity index (χ4v) is 2.82. The zero-order valence-corrected chi connectivity index (χ0v) is 13.6. The van der Waals surface area contributed by atoms with Gasteiger partial charge in [0.2, 0.25) is 0 Å². The van der Waals surface area contributed by atoms with E-state index in [1.165, 1.54) is 0 Å². The number of rotatable bonds is 4. The number of hydrogen-bond acceptors (Lipinski definition) is 3. The molecule has 0 unspecified atom stereocenters. The standard InChI is InChI=1S/C17H27N3O/c1-13-11-14(5-6-15(13)18-3)16(21)19-12-17(2)7-9-20(4)10-8-17/h5-6,11,18H,7-10,12H2,1-4H3,(H,19,21). The molecule has 2 rings (SSSR count). The van der Waals surface area contributed by atoms with Crippen LogP contribution in [0.1, 0.15) is 35.7 Å². The average Bonchev–Trinajstić information content (AvgIpc) is 2.48. The maximum Gasteiger partial charge on any atom is 0.251 e. The molecule has 0 radical (unpaired) electrons. The largest absolute Gasteiger partial charge is 0.388 e. The number of anilines is 1. The summed E-state index contributed by atoms with van der Waals surface area (Å²) in [5.74, 6) is 0.0286. The van der Waals surface area contributed by atoms with E-state index < -0.39 is 0 Å². The molecular weight excluding hydrogens is 262 g/mol. The average molecular weight is 289 g/mol. The molecule has 4 nitrogen and oxygen atoms in total. The van der Waals surface area contributed by atoms with Gasteiger partial charge in [-0.05, 0) is 69.1 Å². The molecule has 1 aromatic carbocycles. The van der Waals surface area contributed by atoms with Crippen LogP contribution in [-0.2, 0) is 0 Å². The lowest BCUT2D eigenvalue weighted by Crippen LogP contribution is -2.43. The van der Waals surface area contributed by atoms with E-state index >= 15 is 0 Å². The Morgan fingerprint density at radius 1 is 1.33 bits per heavy atom. The Hall–Kier alpha value is -1.55. The number of likely N-dealkylation sites (tertiary alicyclic amines) is 1. The van der Waals surface area contributed by atoms with Crippen LogP contribution in [0.4, 0.5) is 5.69 Å². The summed E-state index contributed by atoms with van der Waals surface area (Å²) in [6.45, 7) is 7.27. The van der Waals surface area contributed by atoms with E-state index in [0.717, 1.165) is 49.3 Å². The third-order valence-corrected chi connectivity index (χ3v) is 4.63. The minimum atomic E-state index is 0.0286. The Labute approximate surface area is 127 Å². The van der Waals surface area contributed by atoms with Crippen LogP contribution in [0, 0.1) is 12.3 Å². The van der Waals surface area contributed by atoms with Crippen molar-refractivity contribution in [3.63, 3.8) is 0 Å². The summed E-state index contributed by atoms with van der Waals surface area (Å²) in [5, 5.41) is 6.23. The zero-order valence-electron chi connectivity index (χ0n) is 13.6. The van der Waals surface area contributed by atoms with Gasteiger partial charge in [-0.25, -0.2) is 0 Å². The van der Waals surface area contributed by atoms with Gasteiger partial charge in [0.05, 0.1) is 0 Å². The molecule has 1 saturated heterocycles. The van der Waals surface area contributed by atoms with Gasteiger partial charge in [0.1, 0.15) is 0 Å². The van der Waals surface area contributed by atoms with Crippen LogP contribution in [0.25, 0.3) is 0 Å². The first kappa shape index (κ1) is 15.8. The van der Waals surface area contributed by atoms with Gasteiger partial charge in [0, 0.05) is 24.8 Å². The number of benzene rings is 1. The Bertz CT molecular complexity index is 505. The number of nitrogens with one attached hydrogen (secondary N) is 2. The van der Waals surface area contributed by atoms with Gasteiger partial charge in [0.25, 0.3) is 5.91 Å². The molecule has 0 spiro atoms. The van der Waals surface area contributed by atoms with Crippen LogP contribution in [0.2, 0.25) is 0 Å². The van der Waals surface area contributed by atoms with E-state index in [2.05, 4.69) is 29.5 Å². The lowest BCUT2D eigenvalue weighted by molar-refractivity contribution is 0.0891. The number of hydrogen-bond donors (Lipinski definition) is 2. The molecule has 1 aromatic rings. The third kappa shape index (κ3) is 3.97. The maximum atomic E-state index is 12.3. The molecule has 1 amide bonds. The molecule has 116 valence electrons. The van der Waals surface area contributed by atoms with Crippen molar-refractivity contribution < 1.29 is 4.79 Å². The van der Waals surface area contributed by atoms with Gasteiger partial charge in [-0.3, -0.25) is 4.79 Å². The highest BCUT2D eigenvalue weighted by molar-refractivity contribution is 5.94. The molecule has 1 heterocycles. The van der Waals surface area contributed by atoms with Crippen molar-refractivity contribution in [2.45, 2.75) is 26.7 Å². The van der Waals surface area contributed by atoms with Crippen molar-refractivity contribution in [2.24, 2.45) is 5.41 Å². The molecule has 2 N–H and O–H groups in total. The Morgan fingerprint density at radius 2 is 2.00 bits per heavy atom. The second-order valence-electron chi connectivity index (χ2n) is 6.58. The predicted octanol–water partition coefficient (Wildman–Crippen LogP) is 2.50. The second-order valence-corrected chi connectivity index (χ2v) is 6.58.